The molecule has 0 radical (unpaired) electrons. The Morgan fingerprint density at radius 3 is 2.71 bits per heavy atom. The molecular weight excluding hydrogens is 306 g/mol. The molecule has 0 saturated heterocycles. The van der Waals surface area contributed by atoms with Crippen LogP contribution < -0.4 is 10.6 Å². The molecule has 1 amide bonds. The Morgan fingerprint density at radius 2 is 1.96 bits per heavy atom. The fourth-order valence-electron chi connectivity index (χ4n) is 2.11. The number of nitrogens with one attached hydrogen (secondary N) is 2. The van der Waals surface area contributed by atoms with Crippen molar-refractivity contribution < 1.29 is 14.3 Å². The Morgan fingerprint density at radius 1 is 1.17 bits per heavy atom. The molecular formula is C18H21N3O3. The van der Waals surface area contributed by atoms with Crippen molar-refractivity contribution in [2.75, 3.05) is 18.5 Å². The van der Waals surface area contributed by atoms with Crippen LogP contribution in [0.25, 0.3) is 0 Å². The second kappa shape index (κ2) is 8.67. The molecule has 1 aromatic heterocycles. The topological polar surface area (TPSA) is 80.3 Å². The first-order valence-corrected chi connectivity index (χ1v) is 7.92. The van der Waals surface area contributed by atoms with E-state index in [1.54, 1.807) is 37.4 Å². The number of carbonyl (C=O) groups excluding carboxylic acids is 2. The standard InChI is InChI=1S/C18H21N3O3/c1-3-9-20-17(22)13-10-14(12-19-11-13)21-16-8-6-5-7-15(16)18(23)24-4-2/h5-8,10-12,21H,3-4,9H2,1-2H3,(H,20,22). The van der Waals surface area contributed by atoms with Crippen LogP contribution in [0.2, 0.25) is 0 Å². The summed E-state index contributed by atoms with van der Waals surface area (Å²) in [6.45, 7) is 4.67. The quantitative estimate of drug-likeness (QED) is 0.764. The van der Waals surface area contributed by atoms with Crippen molar-refractivity contribution in [2.24, 2.45) is 0 Å². The summed E-state index contributed by atoms with van der Waals surface area (Å²) in [7, 11) is 0. The average Bonchev–Trinajstić information content (AvgIpc) is 2.60. The first-order valence-electron chi connectivity index (χ1n) is 7.92. The molecule has 0 fully saturated rings. The lowest BCUT2D eigenvalue weighted by Crippen LogP contribution is -2.24. The molecule has 0 aliphatic heterocycles. The van der Waals surface area contributed by atoms with Crippen molar-refractivity contribution in [3.63, 3.8) is 0 Å². The number of amides is 1. The normalized spacial score (nSPS) is 10.1. The van der Waals surface area contributed by atoms with Crippen LogP contribution in [0.3, 0.4) is 0 Å². The van der Waals surface area contributed by atoms with Gasteiger partial charge in [0.1, 0.15) is 0 Å². The lowest BCUT2D eigenvalue weighted by molar-refractivity contribution is 0.0527. The van der Waals surface area contributed by atoms with Crippen LogP contribution in [0.15, 0.2) is 42.7 Å². The number of ether oxygens (including phenoxy) is 1. The highest BCUT2D eigenvalue weighted by molar-refractivity contribution is 5.97. The summed E-state index contributed by atoms with van der Waals surface area (Å²) >= 11 is 0. The maximum Gasteiger partial charge on any atom is 0.340 e. The molecule has 0 aliphatic carbocycles. The largest absolute Gasteiger partial charge is 0.462 e. The predicted molar refractivity (Wildman–Crippen MR) is 92.5 cm³/mol. The third-order valence-electron chi connectivity index (χ3n) is 3.24. The summed E-state index contributed by atoms with van der Waals surface area (Å²) in [5.41, 5.74) is 2.11. The van der Waals surface area contributed by atoms with Gasteiger partial charge in [-0.2, -0.15) is 0 Å². The molecule has 2 N–H and O–H groups in total. The number of hydrogen-bond donors (Lipinski definition) is 2. The van der Waals surface area contributed by atoms with E-state index in [0.717, 1.165) is 6.42 Å². The SMILES string of the molecule is CCCNC(=O)c1cncc(Nc2ccccc2C(=O)OCC)c1. The molecule has 6 heteroatoms. The highest BCUT2D eigenvalue weighted by atomic mass is 16.5. The molecule has 0 bridgehead atoms. The third-order valence-corrected chi connectivity index (χ3v) is 3.24. The van der Waals surface area contributed by atoms with Gasteiger partial charge < -0.3 is 15.4 Å². The van der Waals surface area contributed by atoms with E-state index < -0.39 is 5.97 Å². The van der Waals surface area contributed by atoms with Gasteiger partial charge >= 0.3 is 5.97 Å². The lowest BCUT2D eigenvalue weighted by atomic mass is 10.1. The summed E-state index contributed by atoms with van der Waals surface area (Å²) in [5, 5.41) is 5.93. The number of aromatic nitrogens is 1. The monoisotopic (exact) mass is 327 g/mol. The van der Waals surface area contributed by atoms with Gasteiger partial charge in [-0.05, 0) is 31.5 Å². The van der Waals surface area contributed by atoms with E-state index in [1.807, 2.05) is 13.0 Å². The molecule has 0 saturated carbocycles. The minimum Gasteiger partial charge on any atom is -0.462 e. The number of nitrogens with zero attached hydrogens (tertiary/aromatic N) is 1. The Balaban J connectivity index is 2.20. The number of benzene rings is 1. The minimum atomic E-state index is -0.398. The molecule has 1 aromatic carbocycles. The van der Waals surface area contributed by atoms with E-state index in [9.17, 15) is 9.59 Å². The van der Waals surface area contributed by atoms with Gasteiger partial charge in [0.15, 0.2) is 0 Å². The molecule has 6 nitrogen and oxygen atoms in total. The molecule has 0 spiro atoms. The number of carbonyl (C=O) groups is 2. The zero-order chi connectivity index (χ0) is 17.4. The Kier molecular flexibility index (Phi) is 6.31. The Bertz CT molecular complexity index is 716. The van der Waals surface area contributed by atoms with Gasteiger partial charge in [0.2, 0.25) is 0 Å². The van der Waals surface area contributed by atoms with Crippen LogP contribution in [0.1, 0.15) is 41.0 Å². The summed E-state index contributed by atoms with van der Waals surface area (Å²) in [6, 6.07) is 8.74. The van der Waals surface area contributed by atoms with E-state index in [-0.39, 0.29) is 5.91 Å². The van der Waals surface area contributed by atoms with Crippen molar-refractivity contribution in [3.8, 4) is 0 Å². The van der Waals surface area contributed by atoms with Gasteiger partial charge in [-0.3, -0.25) is 9.78 Å². The summed E-state index contributed by atoms with van der Waals surface area (Å²) < 4.78 is 5.05. The second-order valence-corrected chi connectivity index (χ2v) is 5.11. The zero-order valence-corrected chi connectivity index (χ0v) is 13.8. The molecule has 126 valence electrons. The van der Waals surface area contributed by atoms with Crippen LogP contribution in [0.5, 0.6) is 0 Å². The van der Waals surface area contributed by atoms with Gasteiger partial charge in [-0.25, -0.2) is 4.79 Å². The van der Waals surface area contributed by atoms with E-state index >= 15 is 0 Å². The molecule has 2 aromatic rings. The molecule has 0 unspecified atom stereocenters. The number of hydrogen-bond acceptors (Lipinski definition) is 5. The van der Waals surface area contributed by atoms with Crippen molar-refractivity contribution in [2.45, 2.75) is 20.3 Å². The third kappa shape index (κ3) is 4.55. The van der Waals surface area contributed by atoms with Crippen LogP contribution in [-0.2, 0) is 4.74 Å². The number of rotatable bonds is 7. The molecule has 2 rings (SSSR count). The lowest BCUT2D eigenvalue weighted by Gasteiger charge is -2.12. The number of pyridine rings is 1. The maximum absolute atomic E-state index is 12.0. The minimum absolute atomic E-state index is 0.174. The molecule has 0 atom stereocenters. The summed E-state index contributed by atoms with van der Waals surface area (Å²) in [5.74, 6) is -0.572. The van der Waals surface area contributed by atoms with Gasteiger partial charge in [-0.15, -0.1) is 0 Å². The number of para-hydroxylation sites is 1. The number of esters is 1. The van der Waals surface area contributed by atoms with Crippen molar-refractivity contribution in [1.82, 2.24) is 10.3 Å². The first kappa shape index (κ1) is 17.5. The van der Waals surface area contributed by atoms with E-state index in [0.29, 0.717) is 35.7 Å². The molecule has 24 heavy (non-hydrogen) atoms. The average molecular weight is 327 g/mol. The van der Waals surface area contributed by atoms with Crippen LogP contribution in [-0.4, -0.2) is 30.0 Å². The zero-order valence-electron chi connectivity index (χ0n) is 13.8. The van der Waals surface area contributed by atoms with Gasteiger partial charge in [0.05, 0.1) is 35.3 Å². The van der Waals surface area contributed by atoms with Crippen molar-refractivity contribution >= 4 is 23.3 Å². The van der Waals surface area contributed by atoms with E-state index in [4.69, 9.17) is 4.74 Å². The Labute approximate surface area is 141 Å². The van der Waals surface area contributed by atoms with Gasteiger partial charge in [-0.1, -0.05) is 19.1 Å². The predicted octanol–water partition coefficient (Wildman–Crippen LogP) is 3.14. The van der Waals surface area contributed by atoms with Crippen molar-refractivity contribution in [3.05, 3.63) is 53.9 Å². The van der Waals surface area contributed by atoms with E-state index in [1.165, 1.54) is 6.20 Å². The highest BCUT2D eigenvalue weighted by Gasteiger charge is 2.13. The van der Waals surface area contributed by atoms with Gasteiger partial charge in [0, 0.05) is 12.7 Å². The van der Waals surface area contributed by atoms with Crippen molar-refractivity contribution in [1.29, 1.82) is 0 Å². The fraction of sp³-hybridized carbons (Fsp3) is 0.278. The van der Waals surface area contributed by atoms with Crippen LogP contribution in [0.4, 0.5) is 11.4 Å². The Hall–Kier alpha value is -2.89. The highest BCUT2D eigenvalue weighted by Crippen LogP contribution is 2.21. The summed E-state index contributed by atoms with van der Waals surface area (Å²) in [4.78, 5) is 28.1. The van der Waals surface area contributed by atoms with Gasteiger partial charge in [0.25, 0.3) is 5.91 Å². The molecule has 1 heterocycles. The van der Waals surface area contributed by atoms with E-state index in [2.05, 4.69) is 15.6 Å². The number of anilines is 2. The molecule has 0 aliphatic rings. The fourth-order valence-corrected chi connectivity index (χ4v) is 2.11. The first-order chi connectivity index (χ1) is 11.7. The maximum atomic E-state index is 12.0. The van der Waals surface area contributed by atoms with Crippen LogP contribution >= 0.6 is 0 Å². The second-order valence-electron chi connectivity index (χ2n) is 5.11. The summed E-state index contributed by atoms with van der Waals surface area (Å²) in [6.07, 6.45) is 3.97. The smallest absolute Gasteiger partial charge is 0.340 e. The van der Waals surface area contributed by atoms with Crippen LogP contribution in [0, 0.1) is 0 Å².